The summed E-state index contributed by atoms with van der Waals surface area (Å²) < 4.78 is 5.85. The first kappa shape index (κ1) is 14.8. The van der Waals surface area contributed by atoms with Gasteiger partial charge in [-0.2, -0.15) is 0 Å². The summed E-state index contributed by atoms with van der Waals surface area (Å²) in [7, 11) is 0. The number of hydrogen-bond acceptors (Lipinski definition) is 4. The fourth-order valence-corrected chi connectivity index (χ4v) is 1.26. The van der Waals surface area contributed by atoms with E-state index in [1.807, 2.05) is 0 Å². The van der Waals surface area contributed by atoms with Crippen LogP contribution < -0.4 is 16.8 Å². The largest absolute Gasteiger partial charge is 0.374 e. The summed E-state index contributed by atoms with van der Waals surface area (Å²) in [6.07, 6.45) is 0.875. The molecular formula is C11H27N3O. The molecule has 15 heavy (non-hydrogen) atoms. The van der Waals surface area contributed by atoms with Crippen molar-refractivity contribution in [3.8, 4) is 0 Å². The van der Waals surface area contributed by atoms with Gasteiger partial charge in [0.25, 0.3) is 0 Å². The van der Waals surface area contributed by atoms with Gasteiger partial charge in [-0.3, -0.25) is 0 Å². The molecule has 0 aliphatic rings. The van der Waals surface area contributed by atoms with Crippen LogP contribution in [-0.2, 0) is 4.74 Å². The minimum absolute atomic E-state index is 0.0365. The number of nitrogens with two attached hydrogens (primary N) is 2. The fourth-order valence-electron chi connectivity index (χ4n) is 1.26. The molecule has 0 saturated heterocycles. The van der Waals surface area contributed by atoms with E-state index in [9.17, 15) is 0 Å². The Morgan fingerprint density at radius 1 is 1.07 bits per heavy atom. The zero-order valence-electron chi connectivity index (χ0n) is 10.6. The van der Waals surface area contributed by atoms with Gasteiger partial charge in [0, 0.05) is 18.6 Å². The molecule has 0 heterocycles. The van der Waals surface area contributed by atoms with Gasteiger partial charge in [0.05, 0.1) is 12.2 Å². The van der Waals surface area contributed by atoms with Crippen LogP contribution in [0.25, 0.3) is 0 Å². The van der Waals surface area contributed by atoms with E-state index in [1.165, 1.54) is 0 Å². The first-order valence-electron chi connectivity index (χ1n) is 5.62. The van der Waals surface area contributed by atoms with Crippen LogP contribution in [0.5, 0.6) is 0 Å². The third kappa shape index (κ3) is 7.73. The standard InChI is InChI=1S/C11H27N3O/c1-10(2,14-8-7-13)9-15-11(3,4)5-6-12/h14H,5-9,12-13H2,1-4H3. The molecule has 0 spiro atoms. The van der Waals surface area contributed by atoms with E-state index in [4.69, 9.17) is 16.2 Å². The molecule has 0 bridgehead atoms. The zero-order valence-corrected chi connectivity index (χ0v) is 10.6. The molecule has 0 rings (SSSR count). The Kier molecular flexibility index (Phi) is 6.36. The smallest absolute Gasteiger partial charge is 0.0650 e. The Balaban J connectivity index is 3.90. The van der Waals surface area contributed by atoms with E-state index in [1.54, 1.807) is 0 Å². The maximum absolute atomic E-state index is 5.85. The van der Waals surface area contributed by atoms with Gasteiger partial charge in [-0.25, -0.2) is 0 Å². The van der Waals surface area contributed by atoms with Crippen LogP contribution in [-0.4, -0.2) is 37.4 Å². The Morgan fingerprint density at radius 2 is 1.67 bits per heavy atom. The fraction of sp³-hybridized carbons (Fsp3) is 1.00. The van der Waals surface area contributed by atoms with Crippen molar-refractivity contribution in [1.82, 2.24) is 5.32 Å². The molecule has 0 aromatic rings. The maximum atomic E-state index is 5.85. The summed E-state index contributed by atoms with van der Waals surface area (Å²) in [6, 6.07) is 0. The summed E-state index contributed by atoms with van der Waals surface area (Å²) in [5.41, 5.74) is 10.8. The number of hydrogen-bond donors (Lipinski definition) is 3. The summed E-state index contributed by atoms with van der Waals surface area (Å²) in [5.74, 6) is 0. The van der Waals surface area contributed by atoms with Crippen LogP contribution in [0, 0.1) is 0 Å². The predicted molar refractivity (Wildman–Crippen MR) is 64.8 cm³/mol. The minimum Gasteiger partial charge on any atom is -0.374 e. The van der Waals surface area contributed by atoms with Crippen molar-refractivity contribution in [1.29, 1.82) is 0 Å². The van der Waals surface area contributed by atoms with Crippen LogP contribution >= 0.6 is 0 Å². The molecule has 0 aromatic heterocycles. The third-order valence-corrected chi connectivity index (χ3v) is 2.32. The molecule has 0 saturated carbocycles. The van der Waals surface area contributed by atoms with E-state index in [0.29, 0.717) is 19.7 Å². The Bertz CT molecular complexity index is 169. The lowest BCUT2D eigenvalue weighted by atomic mass is 10.0. The van der Waals surface area contributed by atoms with E-state index >= 15 is 0 Å². The molecule has 4 nitrogen and oxygen atoms in total. The van der Waals surface area contributed by atoms with Gasteiger partial charge in [0.2, 0.25) is 0 Å². The van der Waals surface area contributed by atoms with Crippen LogP contribution in [0.15, 0.2) is 0 Å². The molecule has 5 N–H and O–H groups in total. The maximum Gasteiger partial charge on any atom is 0.0650 e. The van der Waals surface area contributed by atoms with Crippen molar-refractivity contribution < 1.29 is 4.74 Å². The van der Waals surface area contributed by atoms with E-state index in [0.717, 1.165) is 13.0 Å². The highest BCUT2D eigenvalue weighted by atomic mass is 16.5. The second-order valence-corrected chi connectivity index (χ2v) is 5.19. The highest BCUT2D eigenvalue weighted by Crippen LogP contribution is 2.16. The number of rotatable bonds is 8. The quantitative estimate of drug-likeness (QED) is 0.552. The highest BCUT2D eigenvalue weighted by Gasteiger charge is 2.23. The van der Waals surface area contributed by atoms with Crippen LogP contribution in [0.3, 0.4) is 0 Å². The molecular weight excluding hydrogens is 190 g/mol. The summed E-state index contributed by atoms with van der Waals surface area (Å²) in [5, 5.41) is 3.34. The van der Waals surface area contributed by atoms with Gasteiger partial charge < -0.3 is 21.5 Å². The highest BCUT2D eigenvalue weighted by molar-refractivity contribution is 4.79. The normalized spacial score (nSPS) is 13.2. The Morgan fingerprint density at radius 3 is 2.13 bits per heavy atom. The van der Waals surface area contributed by atoms with Crippen molar-refractivity contribution >= 4 is 0 Å². The summed E-state index contributed by atoms with van der Waals surface area (Å²) >= 11 is 0. The number of nitrogens with one attached hydrogen (secondary N) is 1. The molecule has 92 valence electrons. The molecule has 0 aromatic carbocycles. The van der Waals surface area contributed by atoms with Gasteiger partial charge in [-0.05, 0) is 40.7 Å². The molecule has 4 heteroatoms. The zero-order chi connectivity index (χ0) is 11.9. The summed E-state index contributed by atoms with van der Waals surface area (Å²) in [6.45, 7) is 11.1. The van der Waals surface area contributed by atoms with Gasteiger partial charge in [-0.1, -0.05) is 0 Å². The van der Waals surface area contributed by atoms with Crippen molar-refractivity contribution in [2.75, 3.05) is 26.2 Å². The average Bonchev–Trinajstić information content (AvgIpc) is 2.12. The average molecular weight is 217 g/mol. The molecule has 0 fully saturated rings. The van der Waals surface area contributed by atoms with Crippen molar-refractivity contribution in [2.45, 2.75) is 45.3 Å². The molecule has 0 unspecified atom stereocenters. The second-order valence-electron chi connectivity index (χ2n) is 5.19. The van der Waals surface area contributed by atoms with Gasteiger partial charge >= 0.3 is 0 Å². The van der Waals surface area contributed by atoms with Gasteiger partial charge in [-0.15, -0.1) is 0 Å². The SMILES string of the molecule is CC(C)(COC(C)(C)CCN)NCCN. The topological polar surface area (TPSA) is 73.3 Å². The van der Waals surface area contributed by atoms with E-state index in [-0.39, 0.29) is 11.1 Å². The van der Waals surface area contributed by atoms with Gasteiger partial charge in [0.1, 0.15) is 0 Å². The van der Waals surface area contributed by atoms with Crippen LogP contribution in [0.2, 0.25) is 0 Å². The molecule has 0 aliphatic carbocycles. The monoisotopic (exact) mass is 217 g/mol. The molecule has 0 aliphatic heterocycles. The Labute approximate surface area is 93.7 Å². The van der Waals surface area contributed by atoms with Crippen LogP contribution in [0.4, 0.5) is 0 Å². The summed E-state index contributed by atoms with van der Waals surface area (Å²) in [4.78, 5) is 0. The van der Waals surface area contributed by atoms with E-state index < -0.39 is 0 Å². The predicted octanol–water partition coefficient (Wildman–Crippen LogP) is 0.457. The molecule has 0 amide bonds. The first-order chi connectivity index (χ1) is 6.83. The lowest BCUT2D eigenvalue weighted by Gasteiger charge is -2.32. The third-order valence-electron chi connectivity index (χ3n) is 2.32. The Hall–Kier alpha value is -0.160. The first-order valence-corrected chi connectivity index (χ1v) is 5.62. The lowest BCUT2D eigenvalue weighted by Crippen LogP contribution is -2.47. The van der Waals surface area contributed by atoms with Crippen molar-refractivity contribution in [3.63, 3.8) is 0 Å². The lowest BCUT2D eigenvalue weighted by molar-refractivity contribution is -0.0456. The molecule has 0 radical (unpaired) electrons. The second kappa shape index (κ2) is 6.43. The van der Waals surface area contributed by atoms with Crippen molar-refractivity contribution in [2.24, 2.45) is 11.5 Å². The van der Waals surface area contributed by atoms with E-state index in [2.05, 4.69) is 33.0 Å². The minimum atomic E-state index is -0.142. The van der Waals surface area contributed by atoms with Gasteiger partial charge in [0.15, 0.2) is 0 Å². The number of ether oxygens (including phenoxy) is 1. The molecule has 0 atom stereocenters. The van der Waals surface area contributed by atoms with Crippen molar-refractivity contribution in [3.05, 3.63) is 0 Å². The van der Waals surface area contributed by atoms with Crippen LogP contribution in [0.1, 0.15) is 34.1 Å².